The molecule has 0 fully saturated rings. The lowest BCUT2D eigenvalue weighted by Gasteiger charge is -2.27. The van der Waals surface area contributed by atoms with Gasteiger partial charge in [0.05, 0.1) is 28.1 Å². The maximum absolute atomic E-state index is 5.54. The Morgan fingerprint density at radius 2 is 0.847 bits per heavy atom. The van der Waals surface area contributed by atoms with Gasteiger partial charge in [-0.1, -0.05) is 210 Å². The number of nitrogens with zero attached hydrogens (tertiary/aromatic N) is 3. The summed E-state index contributed by atoms with van der Waals surface area (Å²) in [5, 5.41) is 2.51. The van der Waals surface area contributed by atoms with E-state index >= 15 is 0 Å². The summed E-state index contributed by atoms with van der Waals surface area (Å²) in [6.45, 7) is 27.9. The number of benzene rings is 8. The molecule has 2 aromatic heterocycles. The van der Waals surface area contributed by atoms with E-state index in [0.717, 1.165) is 51.3 Å². The predicted molar refractivity (Wildman–Crippen MR) is 307 cm³/mol. The largest absolute Gasteiger partial charge is 0.309 e. The molecule has 0 radical (unpaired) electrons. The van der Waals surface area contributed by atoms with Crippen molar-refractivity contribution in [2.45, 2.75) is 111 Å². The predicted octanol–water partition coefficient (Wildman–Crippen LogP) is 18.7. The van der Waals surface area contributed by atoms with Gasteiger partial charge in [-0.15, -0.1) is 0 Å². The molecule has 11 rings (SSSR count). The fraction of sp³-hybridized carbons (Fsp3) is 0.246. The van der Waals surface area contributed by atoms with Gasteiger partial charge in [0.1, 0.15) is 0 Å². The molecule has 0 N–H and O–H groups in total. The van der Waals surface area contributed by atoms with E-state index in [1.54, 1.807) is 0 Å². The summed E-state index contributed by atoms with van der Waals surface area (Å²) in [6.07, 6.45) is 0.910. The van der Waals surface area contributed by atoms with Crippen molar-refractivity contribution < 1.29 is 0 Å². The second-order valence-corrected chi connectivity index (χ2v) is 24.3. The van der Waals surface area contributed by atoms with Crippen molar-refractivity contribution in [1.29, 1.82) is 0 Å². The molecule has 0 atom stereocenters. The molecule has 1 aliphatic carbocycles. The Balaban J connectivity index is 1.25. The molecule has 0 unspecified atom stereocenters. The maximum Gasteiger partial charge on any atom is 0.161 e. The standard InChI is InChI=1S/C69H67N3/c1-66(2,3)47-31-30-45-36-46-37-55(58(69(10,11)12)41-54(46)53(45)38-47)50-26-19-20-27-51(50)64-52(65-70-59(43-22-15-13-16-23-43)42-60(71-65)44-24-17-14-18-25-44)28-21-29-63(64)72-61-34-32-48(67(4,5)6)39-56(61)57-40-49(68(7,8)9)33-35-62(57)72/h13-35,37-42H,36H2,1-12H3. The zero-order valence-electron chi connectivity index (χ0n) is 44.3. The lowest BCUT2D eigenvalue weighted by molar-refractivity contribution is 0.590. The minimum atomic E-state index is -0.162. The van der Waals surface area contributed by atoms with Crippen LogP contribution in [0.15, 0.2) is 176 Å². The fourth-order valence-electron chi connectivity index (χ4n) is 11.0. The molecular weight excluding hydrogens is 871 g/mol. The van der Waals surface area contributed by atoms with Crippen LogP contribution in [0.25, 0.3) is 94.8 Å². The second-order valence-electron chi connectivity index (χ2n) is 24.3. The molecule has 0 saturated heterocycles. The Bertz CT molecular complexity index is 3600. The maximum atomic E-state index is 5.54. The highest BCUT2D eigenvalue weighted by molar-refractivity contribution is 6.11. The van der Waals surface area contributed by atoms with Gasteiger partial charge >= 0.3 is 0 Å². The highest BCUT2D eigenvalue weighted by atomic mass is 15.0. The molecule has 358 valence electrons. The molecular formula is C69H67N3. The molecule has 3 heteroatoms. The Labute approximate surface area is 427 Å². The van der Waals surface area contributed by atoms with Crippen LogP contribution in [-0.4, -0.2) is 14.5 Å². The van der Waals surface area contributed by atoms with Crippen molar-refractivity contribution in [3.63, 3.8) is 0 Å². The van der Waals surface area contributed by atoms with Crippen molar-refractivity contribution >= 4 is 21.8 Å². The molecule has 1 aliphatic rings. The topological polar surface area (TPSA) is 30.7 Å². The smallest absolute Gasteiger partial charge is 0.161 e. The Morgan fingerprint density at radius 3 is 1.39 bits per heavy atom. The van der Waals surface area contributed by atoms with Crippen LogP contribution < -0.4 is 0 Å². The Kier molecular flexibility index (Phi) is 11.2. The molecule has 0 bridgehead atoms. The molecule has 3 nitrogen and oxygen atoms in total. The van der Waals surface area contributed by atoms with Crippen LogP contribution >= 0.6 is 0 Å². The molecule has 0 amide bonds. The highest BCUT2D eigenvalue weighted by Crippen LogP contribution is 2.50. The minimum absolute atomic E-state index is 0.0251. The first-order chi connectivity index (χ1) is 34.2. The van der Waals surface area contributed by atoms with Crippen molar-refractivity contribution in [1.82, 2.24) is 14.5 Å². The van der Waals surface area contributed by atoms with E-state index in [4.69, 9.17) is 9.97 Å². The van der Waals surface area contributed by atoms with Crippen LogP contribution in [0.2, 0.25) is 0 Å². The van der Waals surface area contributed by atoms with E-state index in [1.165, 1.54) is 77.4 Å². The molecule has 0 aliphatic heterocycles. The summed E-state index contributed by atoms with van der Waals surface area (Å²) < 4.78 is 2.52. The van der Waals surface area contributed by atoms with E-state index in [9.17, 15) is 0 Å². The van der Waals surface area contributed by atoms with Crippen molar-refractivity contribution in [3.8, 4) is 73.0 Å². The van der Waals surface area contributed by atoms with Gasteiger partial charge in [0.2, 0.25) is 0 Å². The summed E-state index contributed by atoms with van der Waals surface area (Å²) >= 11 is 0. The van der Waals surface area contributed by atoms with E-state index in [1.807, 2.05) is 0 Å². The average Bonchev–Trinajstić information content (AvgIpc) is 3.89. The molecule has 0 saturated carbocycles. The third-order valence-electron chi connectivity index (χ3n) is 15.1. The first-order valence-electron chi connectivity index (χ1n) is 25.9. The molecule has 72 heavy (non-hydrogen) atoms. The van der Waals surface area contributed by atoms with E-state index in [-0.39, 0.29) is 21.7 Å². The fourth-order valence-corrected chi connectivity index (χ4v) is 11.0. The van der Waals surface area contributed by atoms with Gasteiger partial charge in [-0.05, 0) is 138 Å². The van der Waals surface area contributed by atoms with Gasteiger partial charge in [0.25, 0.3) is 0 Å². The summed E-state index contributed by atoms with van der Waals surface area (Å²) in [5.41, 5.74) is 23.6. The zero-order valence-corrected chi connectivity index (χ0v) is 44.3. The van der Waals surface area contributed by atoms with E-state index < -0.39 is 0 Å². The van der Waals surface area contributed by atoms with Crippen molar-refractivity contribution in [3.05, 3.63) is 209 Å². The third-order valence-corrected chi connectivity index (χ3v) is 15.1. The van der Waals surface area contributed by atoms with Crippen LogP contribution in [0.4, 0.5) is 0 Å². The van der Waals surface area contributed by atoms with Gasteiger partial charge in [-0.3, -0.25) is 0 Å². The highest BCUT2D eigenvalue weighted by Gasteiger charge is 2.30. The summed E-state index contributed by atoms with van der Waals surface area (Å²) in [5.74, 6) is 0.683. The number of rotatable bonds is 6. The third kappa shape index (κ3) is 8.37. The SMILES string of the molecule is CC(C)(C)c1ccc2c(c1)-c1cc(C(C)(C)C)c(-c3ccccc3-c3c(-c4nc(-c5ccccc5)cc(-c5ccccc5)n4)cccc3-n3c4ccc(C(C)(C)C)cc4c4cc(C(C)(C)C)ccc43)cc1C2. The number of hydrogen-bond donors (Lipinski definition) is 0. The van der Waals surface area contributed by atoms with Gasteiger partial charge in [-0.2, -0.15) is 0 Å². The number of hydrogen-bond acceptors (Lipinski definition) is 2. The van der Waals surface area contributed by atoms with Gasteiger partial charge < -0.3 is 4.57 Å². The molecule has 8 aromatic carbocycles. The molecule has 0 spiro atoms. The van der Waals surface area contributed by atoms with Crippen molar-refractivity contribution in [2.24, 2.45) is 0 Å². The summed E-state index contributed by atoms with van der Waals surface area (Å²) in [7, 11) is 0. The molecule has 2 heterocycles. The second kappa shape index (κ2) is 17.2. The normalized spacial score (nSPS) is 12.9. The quantitative estimate of drug-likeness (QED) is 0.166. The zero-order chi connectivity index (χ0) is 50.5. The van der Waals surface area contributed by atoms with Gasteiger partial charge in [0, 0.05) is 33.0 Å². The Morgan fingerprint density at radius 1 is 0.361 bits per heavy atom. The minimum Gasteiger partial charge on any atom is -0.309 e. The first kappa shape index (κ1) is 47.0. The lowest BCUT2D eigenvalue weighted by atomic mass is 9.78. The van der Waals surface area contributed by atoms with Crippen LogP contribution in [-0.2, 0) is 28.1 Å². The number of aromatic nitrogens is 3. The monoisotopic (exact) mass is 938 g/mol. The lowest BCUT2D eigenvalue weighted by Crippen LogP contribution is -2.14. The van der Waals surface area contributed by atoms with Gasteiger partial charge in [-0.25, -0.2) is 9.97 Å². The van der Waals surface area contributed by atoms with Crippen LogP contribution in [0, 0.1) is 0 Å². The summed E-state index contributed by atoms with van der Waals surface area (Å²) in [6, 6.07) is 65.6. The first-order valence-corrected chi connectivity index (χ1v) is 25.9. The van der Waals surface area contributed by atoms with Crippen molar-refractivity contribution in [2.75, 3.05) is 0 Å². The van der Waals surface area contributed by atoms with Crippen LogP contribution in [0.5, 0.6) is 0 Å². The number of fused-ring (bicyclic) bond motifs is 6. The van der Waals surface area contributed by atoms with Crippen LogP contribution in [0.3, 0.4) is 0 Å². The van der Waals surface area contributed by atoms with Crippen LogP contribution in [0.1, 0.15) is 116 Å². The van der Waals surface area contributed by atoms with E-state index in [2.05, 4.69) is 264 Å². The Hall–Kier alpha value is -7.36. The average molecular weight is 938 g/mol. The van der Waals surface area contributed by atoms with E-state index in [0.29, 0.717) is 5.82 Å². The summed E-state index contributed by atoms with van der Waals surface area (Å²) in [4.78, 5) is 11.1. The molecule has 10 aromatic rings. The van der Waals surface area contributed by atoms with Gasteiger partial charge in [0.15, 0.2) is 5.82 Å².